The van der Waals surface area contributed by atoms with Crippen molar-refractivity contribution in [2.75, 3.05) is 5.32 Å². The zero-order chi connectivity index (χ0) is 22.5. The molecule has 0 unspecified atom stereocenters. The van der Waals surface area contributed by atoms with E-state index in [1.165, 1.54) is 31.2 Å². The summed E-state index contributed by atoms with van der Waals surface area (Å²) in [6.07, 6.45) is -0.617. The lowest BCUT2D eigenvalue weighted by atomic mass is 10.2. The van der Waals surface area contributed by atoms with Crippen LogP contribution in [-0.4, -0.2) is 45.6 Å². The fraction of sp³-hybridized carbons (Fsp3) is 0.150. The second-order valence-electron chi connectivity index (χ2n) is 6.46. The first-order chi connectivity index (χ1) is 14.8. The number of hydrogen-bond acceptors (Lipinski definition) is 7. The summed E-state index contributed by atoms with van der Waals surface area (Å²) in [5, 5.41) is 24.0. The minimum absolute atomic E-state index is 0.0838. The number of carboxylic acids is 1. The van der Waals surface area contributed by atoms with Gasteiger partial charge in [-0.2, -0.15) is 20.3 Å². The van der Waals surface area contributed by atoms with E-state index in [4.69, 9.17) is 16.7 Å². The average molecular weight is 442 g/mol. The van der Waals surface area contributed by atoms with Crippen molar-refractivity contribution in [3.63, 3.8) is 0 Å². The highest BCUT2D eigenvalue weighted by molar-refractivity contribution is 6.33. The van der Waals surface area contributed by atoms with Gasteiger partial charge in [-0.25, -0.2) is 4.79 Å². The number of carbonyl (C=O) groups excluding carboxylic acids is 3. The SMILES string of the molecule is CC1=NN(C(=O)CC(=O)Nc2ccccc2Cl)C(=O)[C@H]1N=Nc1ccc(C(=O)O)cc1. The van der Waals surface area contributed by atoms with Gasteiger partial charge in [0.05, 0.1) is 27.7 Å². The maximum absolute atomic E-state index is 12.5. The lowest BCUT2D eigenvalue weighted by molar-refractivity contribution is -0.144. The van der Waals surface area contributed by atoms with Crippen LogP contribution in [0.5, 0.6) is 0 Å². The number of azo groups is 1. The molecule has 11 heteroatoms. The zero-order valence-corrected chi connectivity index (χ0v) is 16.9. The Morgan fingerprint density at radius 3 is 2.48 bits per heavy atom. The molecule has 3 amide bonds. The molecule has 158 valence electrons. The Labute approximate surface area is 181 Å². The smallest absolute Gasteiger partial charge is 0.335 e. The summed E-state index contributed by atoms with van der Waals surface area (Å²) in [6.45, 7) is 1.51. The number of hydrogen-bond donors (Lipinski definition) is 2. The molecule has 2 aromatic carbocycles. The number of benzene rings is 2. The number of halogens is 1. The molecule has 0 bridgehead atoms. The number of carbonyl (C=O) groups is 4. The highest BCUT2D eigenvalue weighted by atomic mass is 35.5. The van der Waals surface area contributed by atoms with Gasteiger partial charge in [-0.3, -0.25) is 14.4 Å². The van der Waals surface area contributed by atoms with Crippen molar-refractivity contribution in [2.24, 2.45) is 15.3 Å². The number of amides is 3. The predicted octanol–water partition coefficient (Wildman–Crippen LogP) is 3.26. The molecule has 0 aromatic heterocycles. The second-order valence-corrected chi connectivity index (χ2v) is 6.87. The summed E-state index contributed by atoms with van der Waals surface area (Å²) in [6, 6.07) is 11.0. The van der Waals surface area contributed by atoms with E-state index in [0.29, 0.717) is 21.4 Å². The summed E-state index contributed by atoms with van der Waals surface area (Å²) in [5.41, 5.74) is 0.987. The average Bonchev–Trinajstić information content (AvgIpc) is 3.02. The molecule has 0 saturated heterocycles. The fourth-order valence-corrected chi connectivity index (χ4v) is 2.82. The van der Waals surface area contributed by atoms with Crippen molar-refractivity contribution < 1.29 is 24.3 Å². The third kappa shape index (κ3) is 5.17. The number of carboxylic acid groups (broad SMARTS) is 1. The van der Waals surface area contributed by atoms with Crippen LogP contribution >= 0.6 is 11.6 Å². The summed E-state index contributed by atoms with van der Waals surface area (Å²) >= 11 is 5.96. The molecule has 2 N–H and O–H groups in total. The van der Waals surface area contributed by atoms with Gasteiger partial charge in [0, 0.05) is 0 Å². The molecule has 1 aliphatic heterocycles. The highest BCUT2D eigenvalue weighted by Crippen LogP contribution is 2.21. The maximum atomic E-state index is 12.5. The standard InChI is InChI=1S/C20H16ClN5O5/c1-11-18(24-23-13-8-6-12(7-9-13)20(30)31)19(29)26(25-11)17(28)10-16(27)22-15-5-3-2-4-14(15)21/h2-9,18H,10H2,1H3,(H,22,27)(H,30,31)/t18-/m0/s1. The van der Waals surface area contributed by atoms with Crippen molar-refractivity contribution >= 4 is 52.4 Å². The zero-order valence-electron chi connectivity index (χ0n) is 16.2. The largest absolute Gasteiger partial charge is 0.478 e. The maximum Gasteiger partial charge on any atom is 0.335 e. The molecule has 2 aromatic rings. The van der Waals surface area contributed by atoms with Crippen LogP contribution in [0.4, 0.5) is 11.4 Å². The lowest BCUT2D eigenvalue weighted by Gasteiger charge is -2.11. The van der Waals surface area contributed by atoms with Crippen molar-refractivity contribution in [3.8, 4) is 0 Å². The minimum Gasteiger partial charge on any atom is -0.478 e. The van der Waals surface area contributed by atoms with E-state index in [-0.39, 0.29) is 11.3 Å². The number of anilines is 1. The molecule has 1 heterocycles. The number of para-hydroxylation sites is 1. The van der Waals surface area contributed by atoms with Gasteiger partial charge in [0.1, 0.15) is 6.42 Å². The highest BCUT2D eigenvalue weighted by Gasteiger charge is 2.38. The predicted molar refractivity (Wildman–Crippen MR) is 111 cm³/mol. The van der Waals surface area contributed by atoms with E-state index in [0.717, 1.165) is 0 Å². The molecule has 0 fully saturated rings. The van der Waals surface area contributed by atoms with Crippen LogP contribution in [0, 0.1) is 0 Å². The molecule has 10 nitrogen and oxygen atoms in total. The third-order valence-corrected chi connectivity index (χ3v) is 4.52. The quantitative estimate of drug-likeness (QED) is 0.522. The van der Waals surface area contributed by atoms with Crippen LogP contribution in [0.1, 0.15) is 23.7 Å². The first-order valence-corrected chi connectivity index (χ1v) is 9.34. The van der Waals surface area contributed by atoms with E-state index >= 15 is 0 Å². The monoisotopic (exact) mass is 441 g/mol. The summed E-state index contributed by atoms with van der Waals surface area (Å²) in [7, 11) is 0. The number of aromatic carboxylic acids is 1. The van der Waals surface area contributed by atoms with Crippen LogP contribution < -0.4 is 5.32 Å². The van der Waals surface area contributed by atoms with E-state index in [2.05, 4.69) is 20.6 Å². The second kappa shape index (κ2) is 9.26. The Hall–Kier alpha value is -3.92. The van der Waals surface area contributed by atoms with Gasteiger partial charge in [0.25, 0.3) is 11.8 Å². The Bertz CT molecular complexity index is 1110. The van der Waals surface area contributed by atoms with E-state index < -0.39 is 36.2 Å². The third-order valence-electron chi connectivity index (χ3n) is 4.20. The van der Waals surface area contributed by atoms with Crippen LogP contribution in [0.15, 0.2) is 63.9 Å². The Morgan fingerprint density at radius 2 is 1.84 bits per heavy atom. The Balaban J connectivity index is 1.63. The van der Waals surface area contributed by atoms with E-state index in [1.807, 2.05) is 0 Å². The van der Waals surface area contributed by atoms with Gasteiger partial charge in [0.2, 0.25) is 5.91 Å². The van der Waals surface area contributed by atoms with Gasteiger partial charge < -0.3 is 10.4 Å². The van der Waals surface area contributed by atoms with Gasteiger partial charge in [-0.05, 0) is 43.3 Å². The molecular weight excluding hydrogens is 426 g/mol. The first kappa shape index (κ1) is 21.8. The van der Waals surface area contributed by atoms with Crippen LogP contribution in [0.25, 0.3) is 0 Å². The van der Waals surface area contributed by atoms with E-state index in [9.17, 15) is 19.2 Å². The molecule has 0 aliphatic carbocycles. The molecule has 0 spiro atoms. The lowest BCUT2D eigenvalue weighted by Crippen LogP contribution is -2.36. The molecule has 1 atom stereocenters. The Morgan fingerprint density at radius 1 is 1.16 bits per heavy atom. The summed E-state index contributed by atoms with van der Waals surface area (Å²) in [5.74, 6) is -3.29. The molecule has 0 radical (unpaired) electrons. The van der Waals surface area contributed by atoms with Gasteiger partial charge in [0.15, 0.2) is 6.04 Å². The molecule has 3 rings (SSSR count). The van der Waals surface area contributed by atoms with E-state index in [1.54, 1.807) is 24.3 Å². The first-order valence-electron chi connectivity index (χ1n) is 8.96. The topological polar surface area (TPSA) is 141 Å². The Kier molecular flexibility index (Phi) is 6.51. The van der Waals surface area contributed by atoms with Crippen molar-refractivity contribution in [3.05, 3.63) is 59.1 Å². The molecule has 1 aliphatic rings. The van der Waals surface area contributed by atoms with Crippen molar-refractivity contribution in [1.29, 1.82) is 0 Å². The van der Waals surface area contributed by atoms with Crippen molar-refractivity contribution in [1.82, 2.24) is 5.01 Å². The normalized spacial score (nSPS) is 15.8. The van der Waals surface area contributed by atoms with Gasteiger partial charge >= 0.3 is 5.97 Å². The van der Waals surface area contributed by atoms with Crippen LogP contribution in [0.3, 0.4) is 0 Å². The molecular formula is C20H16ClN5O5. The number of nitrogens with zero attached hydrogens (tertiary/aromatic N) is 4. The van der Waals surface area contributed by atoms with Crippen LogP contribution in [0.2, 0.25) is 5.02 Å². The number of nitrogens with one attached hydrogen (secondary N) is 1. The fourth-order valence-electron chi connectivity index (χ4n) is 2.63. The molecule has 0 saturated carbocycles. The number of rotatable bonds is 6. The summed E-state index contributed by atoms with van der Waals surface area (Å²) < 4.78 is 0. The molecule has 31 heavy (non-hydrogen) atoms. The van der Waals surface area contributed by atoms with Gasteiger partial charge in [-0.1, -0.05) is 23.7 Å². The van der Waals surface area contributed by atoms with Gasteiger partial charge in [-0.15, -0.1) is 0 Å². The minimum atomic E-state index is -1.12. The van der Waals surface area contributed by atoms with Crippen LogP contribution in [-0.2, 0) is 14.4 Å². The number of imide groups is 1. The number of hydrazone groups is 1. The van der Waals surface area contributed by atoms with Crippen molar-refractivity contribution in [2.45, 2.75) is 19.4 Å². The summed E-state index contributed by atoms with van der Waals surface area (Å²) in [4.78, 5) is 47.9.